The molecular formula is C23H27N3O2S. The van der Waals surface area contributed by atoms with E-state index < -0.39 is 43.3 Å². The monoisotopic (exact) mass is 418 g/mol. The van der Waals surface area contributed by atoms with Gasteiger partial charge in [0.25, 0.3) is 0 Å². The zero-order valence-electron chi connectivity index (χ0n) is 24.8. The highest BCUT2D eigenvalue weighted by Crippen LogP contribution is 2.21. The van der Waals surface area contributed by atoms with Crippen molar-refractivity contribution < 1.29 is 22.2 Å². The second-order valence-corrected chi connectivity index (χ2v) is 7.12. The van der Waals surface area contributed by atoms with E-state index in [-0.39, 0.29) is 57.8 Å². The van der Waals surface area contributed by atoms with Gasteiger partial charge in [-0.2, -0.15) is 0 Å². The fourth-order valence-electron chi connectivity index (χ4n) is 2.50. The summed E-state index contributed by atoms with van der Waals surface area (Å²) < 4.78 is 73.2. The van der Waals surface area contributed by atoms with Gasteiger partial charge < -0.3 is 16.2 Å². The molecule has 3 rings (SSSR count). The molecule has 2 aromatic carbocycles. The summed E-state index contributed by atoms with van der Waals surface area (Å²) in [7, 11) is 0. The van der Waals surface area contributed by atoms with Gasteiger partial charge in [-0.3, -0.25) is 4.79 Å². The number of nitrogens with two attached hydrogens (primary N) is 1. The summed E-state index contributed by atoms with van der Waals surface area (Å²) in [5, 5.41) is 13.5. The molecule has 1 atom stereocenters. The van der Waals surface area contributed by atoms with E-state index in [0.717, 1.165) is 11.3 Å². The molecule has 4 N–H and O–H groups in total. The highest BCUT2D eigenvalue weighted by atomic mass is 32.1. The minimum absolute atomic E-state index is 0.000849. The third-order valence-corrected chi connectivity index (χ3v) is 4.53. The largest absolute Gasteiger partial charge is 0.388 e. The van der Waals surface area contributed by atoms with E-state index in [0.29, 0.717) is 5.69 Å². The van der Waals surface area contributed by atoms with Crippen molar-refractivity contribution in [3.05, 3.63) is 76.2 Å². The van der Waals surface area contributed by atoms with Crippen LogP contribution in [0.1, 0.15) is 60.0 Å². The first-order valence-corrected chi connectivity index (χ1v) is 9.75. The number of nitrogens with one attached hydrogen (secondary N) is 1. The molecule has 29 heavy (non-hydrogen) atoms. The Hall–Kier alpha value is -2.70. The summed E-state index contributed by atoms with van der Waals surface area (Å²) >= 11 is 0.958. The van der Waals surface area contributed by atoms with Crippen LogP contribution in [0.3, 0.4) is 0 Å². The van der Waals surface area contributed by atoms with E-state index in [1.54, 1.807) is 0 Å². The Morgan fingerprint density at radius 3 is 2.90 bits per heavy atom. The van der Waals surface area contributed by atoms with Gasteiger partial charge in [-0.1, -0.05) is 48.3 Å². The lowest BCUT2D eigenvalue weighted by atomic mass is 10.00. The normalized spacial score (nSPS) is 17.4. The number of benzene rings is 2. The maximum Gasteiger partial charge on any atom is 0.230 e. The van der Waals surface area contributed by atoms with Gasteiger partial charge in [-0.25, -0.2) is 4.98 Å². The van der Waals surface area contributed by atoms with Crippen LogP contribution in [0.4, 0.5) is 10.8 Å². The van der Waals surface area contributed by atoms with Crippen LogP contribution >= 0.6 is 11.3 Å². The van der Waals surface area contributed by atoms with Gasteiger partial charge in [-0.05, 0) is 49.4 Å². The molecule has 0 unspecified atom stereocenters. The molecule has 1 amide bonds. The van der Waals surface area contributed by atoms with Crippen LogP contribution in [-0.4, -0.2) is 16.0 Å². The number of hydrogen-bond donors (Lipinski definition) is 3. The molecule has 0 aliphatic rings. The van der Waals surface area contributed by atoms with Crippen molar-refractivity contribution in [2.45, 2.75) is 45.0 Å². The number of nitrogen functional groups attached to an aromatic ring is 1. The molecule has 5 nitrogen and oxygen atoms in total. The number of thiazole rings is 1. The predicted octanol–water partition coefficient (Wildman–Crippen LogP) is 4.66. The van der Waals surface area contributed by atoms with Gasteiger partial charge in [-0.15, -0.1) is 11.3 Å². The minimum atomic E-state index is -2.50. The van der Waals surface area contributed by atoms with Gasteiger partial charge in [0.1, 0.15) is 0 Å². The number of rotatable bonds is 9. The number of amides is 1. The number of nitrogens with zero attached hydrogens (tertiary/aromatic N) is 1. The van der Waals surface area contributed by atoms with Crippen LogP contribution in [0.25, 0.3) is 0 Å². The van der Waals surface area contributed by atoms with Gasteiger partial charge in [0, 0.05) is 16.5 Å². The molecule has 0 fully saturated rings. The number of aliphatic hydroxyl groups excluding tert-OH is 1. The molecule has 0 aliphatic carbocycles. The van der Waals surface area contributed by atoms with Crippen molar-refractivity contribution in [3.63, 3.8) is 0 Å². The summed E-state index contributed by atoms with van der Waals surface area (Å²) in [6.07, 6.45) is -7.38. The highest BCUT2D eigenvalue weighted by Gasteiger charge is 2.08. The fraction of sp³-hybridized carbons (Fsp3) is 0.304. The van der Waals surface area contributed by atoms with E-state index >= 15 is 0 Å². The van der Waals surface area contributed by atoms with Crippen molar-refractivity contribution >= 4 is 28.1 Å². The molecule has 1 heterocycles. The van der Waals surface area contributed by atoms with Crippen molar-refractivity contribution in [2.24, 2.45) is 0 Å². The van der Waals surface area contributed by atoms with E-state index in [9.17, 15) is 9.90 Å². The molecule has 0 saturated carbocycles. The summed E-state index contributed by atoms with van der Waals surface area (Å²) in [6.45, 7) is 1.43. The average Bonchev–Trinajstić information content (AvgIpc) is 3.16. The smallest absolute Gasteiger partial charge is 0.230 e. The van der Waals surface area contributed by atoms with Crippen molar-refractivity contribution in [2.75, 3.05) is 11.1 Å². The van der Waals surface area contributed by atoms with Crippen LogP contribution in [0.2, 0.25) is 0 Å². The Balaban J connectivity index is 1.70. The van der Waals surface area contributed by atoms with E-state index in [2.05, 4.69) is 10.3 Å². The molecule has 0 spiro atoms. The highest BCUT2D eigenvalue weighted by molar-refractivity contribution is 7.13. The molecule has 1 aromatic heterocycles. The number of aryl methyl sites for hydroxylation is 1. The van der Waals surface area contributed by atoms with Crippen molar-refractivity contribution in [3.8, 4) is 0 Å². The number of aliphatic hydroxyl groups is 1. The lowest BCUT2D eigenvalue weighted by molar-refractivity contribution is -0.115. The zero-order valence-corrected chi connectivity index (χ0v) is 16.6. The second-order valence-electron chi connectivity index (χ2n) is 6.30. The summed E-state index contributed by atoms with van der Waals surface area (Å²) in [5.74, 6) is -0.448. The standard InChI is InChI=1S/C23H27N3O2S/c1-16-5-4-7-18(13-16)21(27)8-3-2-6-17-9-11-19(12-10-17)25-22(28)14-20-15-29-23(24)26-20/h4-5,7,9-13,15,21,27H,2-3,6,8,14H2,1H3,(H2,24,26)(H,25,28)/t21-/m0/s1/i2D2,4D,5D,6D2,7D,13D,15D. The lowest BCUT2D eigenvalue weighted by Gasteiger charge is -2.11. The number of carbonyl (C=O) groups excluding carboxylic acids is 1. The summed E-state index contributed by atoms with van der Waals surface area (Å²) in [6, 6.07) is 4.07. The molecule has 152 valence electrons. The van der Waals surface area contributed by atoms with Crippen LogP contribution in [0.15, 0.2) is 53.8 Å². The fourth-order valence-corrected chi connectivity index (χ4v) is 3.00. The molecule has 0 bridgehead atoms. The van der Waals surface area contributed by atoms with Crippen LogP contribution < -0.4 is 11.1 Å². The number of carbonyl (C=O) groups is 1. The predicted molar refractivity (Wildman–Crippen MR) is 119 cm³/mol. The number of anilines is 2. The van der Waals surface area contributed by atoms with Gasteiger partial charge in [0.05, 0.1) is 25.1 Å². The maximum atomic E-state index is 12.3. The molecular weight excluding hydrogens is 382 g/mol. The van der Waals surface area contributed by atoms with Gasteiger partial charge in [0.15, 0.2) is 5.13 Å². The average molecular weight is 419 g/mol. The van der Waals surface area contributed by atoms with Crippen molar-refractivity contribution in [1.82, 2.24) is 4.98 Å². The summed E-state index contributed by atoms with van der Waals surface area (Å²) in [5.41, 5.74) is 6.07. The van der Waals surface area contributed by atoms with E-state index in [1.165, 1.54) is 31.2 Å². The Kier molecular flexibility index (Phi) is 4.25. The minimum Gasteiger partial charge on any atom is -0.388 e. The quantitative estimate of drug-likeness (QED) is 0.471. The molecule has 3 aromatic rings. The molecule has 0 radical (unpaired) electrons. The molecule has 0 saturated heterocycles. The molecule has 6 heteroatoms. The second kappa shape index (κ2) is 10.2. The van der Waals surface area contributed by atoms with Crippen molar-refractivity contribution in [1.29, 1.82) is 0 Å². The number of hydrogen-bond acceptors (Lipinski definition) is 5. The van der Waals surface area contributed by atoms with Crippen LogP contribution in [0.5, 0.6) is 0 Å². The molecule has 0 aliphatic heterocycles. The van der Waals surface area contributed by atoms with Gasteiger partial charge >= 0.3 is 0 Å². The van der Waals surface area contributed by atoms with E-state index in [4.69, 9.17) is 18.1 Å². The first kappa shape index (κ1) is 12.1. The Labute approximate surface area is 188 Å². The lowest BCUT2D eigenvalue weighted by Crippen LogP contribution is -2.14. The van der Waals surface area contributed by atoms with Crippen LogP contribution in [-0.2, 0) is 17.6 Å². The first-order chi connectivity index (χ1) is 17.6. The maximum absolute atomic E-state index is 12.3. The van der Waals surface area contributed by atoms with Crippen LogP contribution in [0, 0.1) is 6.92 Å². The summed E-state index contributed by atoms with van der Waals surface area (Å²) in [4.78, 5) is 16.2. The Morgan fingerprint density at radius 2 is 2.17 bits per heavy atom. The SMILES string of the molecule is [2H]c1sc(N)nc1CC(=O)Nc1ccc(C([2H])([2H])C([2H])([2H])CC[C@H](O)c2c([2H])c([2H])c([2H])c(C)c2[2H])cc1. The first-order valence-electron chi connectivity index (χ1n) is 13.4. The number of aromatic nitrogens is 1. The third kappa shape index (κ3) is 6.69. The third-order valence-electron chi connectivity index (χ3n) is 3.89. The topological polar surface area (TPSA) is 88.2 Å². The van der Waals surface area contributed by atoms with E-state index in [1.807, 2.05) is 0 Å². The zero-order chi connectivity index (χ0) is 28.6. The Morgan fingerprint density at radius 1 is 1.38 bits per heavy atom. The van der Waals surface area contributed by atoms with Gasteiger partial charge in [0.2, 0.25) is 5.91 Å². The Bertz CT molecular complexity index is 1320.